The molecule has 4 aromatic rings. The number of carbonyl (C=O) groups is 1. The summed E-state index contributed by atoms with van der Waals surface area (Å²) in [7, 11) is 1.66. The van der Waals surface area contributed by atoms with Crippen molar-refractivity contribution in [2.75, 3.05) is 6.54 Å². The van der Waals surface area contributed by atoms with Crippen molar-refractivity contribution in [2.24, 2.45) is 7.05 Å². The number of benzene rings is 2. The Kier molecular flexibility index (Phi) is 6.77. The van der Waals surface area contributed by atoms with Gasteiger partial charge in [0.15, 0.2) is 0 Å². The van der Waals surface area contributed by atoms with Crippen molar-refractivity contribution >= 4 is 27.3 Å². The van der Waals surface area contributed by atoms with Crippen LogP contribution in [-0.2, 0) is 12.6 Å². The highest BCUT2D eigenvalue weighted by molar-refractivity contribution is 7.21. The van der Waals surface area contributed by atoms with Gasteiger partial charge in [0.2, 0.25) is 0 Å². The summed E-state index contributed by atoms with van der Waals surface area (Å²) < 4.78 is 22.2. The molecular weight excluding hydrogens is 479 g/mol. The van der Waals surface area contributed by atoms with Crippen molar-refractivity contribution in [3.05, 3.63) is 80.3 Å². The minimum atomic E-state index is -1.18. The molecule has 36 heavy (non-hydrogen) atoms. The van der Waals surface area contributed by atoms with E-state index in [1.54, 1.807) is 53.1 Å². The van der Waals surface area contributed by atoms with Gasteiger partial charge in [0, 0.05) is 30.1 Å². The number of aliphatic hydroxyl groups is 1. The molecule has 0 aliphatic carbocycles. The molecule has 1 amide bonds. The molecule has 0 aliphatic rings. The minimum Gasteiger partial charge on any atom is -0.457 e. The zero-order valence-electron chi connectivity index (χ0n) is 21.2. The smallest absolute Gasteiger partial charge is 0.261 e. The van der Waals surface area contributed by atoms with Gasteiger partial charge in [0.25, 0.3) is 11.5 Å². The van der Waals surface area contributed by atoms with Crippen molar-refractivity contribution in [2.45, 2.75) is 40.2 Å². The second-order valence-electron chi connectivity index (χ2n) is 9.45. The number of hydrogen-bond donors (Lipinski definition) is 2. The van der Waals surface area contributed by atoms with Crippen LogP contribution in [-0.4, -0.2) is 22.1 Å². The van der Waals surface area contributed by atoms with Crippen LogP contribution in [0.2, 0.25) is 0 Å². The van der Waals surface area contributed by atoms with Crippen molar-refractivity contribution in [1.82, 2.24) is 9.88 Å². The zero-order valence-corrected chi connectivity index (χ0v) is 22.0. The van der Waals surface area contributed by atoms with Gasteiger partial charge < -0.3 is 19.7 Å². The Labute approximate surface area is 213 Å². The van der Waals surface area contributed by atoms with E-state index in [4.69, 9.17) is 4.74 Å². The van der Waals surface area contributed by atoms with E-state index in [-0.39, 0.29) is 17.3 Å². The van der Waals surface area contributed by atoms with Gasteiger partial charge in [-0.05, 0) is 93.3 Å². The predicted molar refractivity (Wildman–Crippen MR) is 142 cm³/mol. The topological polar surface area (TPSA) is 80.6 Å². The molecule has 0 fully saturated rings. The summed E-state index contributed by atoms with van der Waals surface area (Å²) in [6.45, 7) is 9.23. The average Bonchev–Trinajstić information content (AvgIpc) is 3.24. The molecule has 0 atom stereocenters. The fourth-order valence-electron chi connectivity index (χ4n) is 4.16. The van der Waals surface area contributed by atoms with Crippen molar-refractivity contribution in [1.29, 1.82) is 0 Å². The number of halogens is 1. The Morgan fingerprint density at radius 1 is 1.14 bits per heavy atom. The molecule has 0 unspecified atom stereocenters. The summed E-state index contributed by atoms with van der Waals surface area (Å²) in [5, 5.41) is 14.1. The SMILES string of the molecule is CCNC(=O)c1cc2c(=O)n(C)cc(-c3cc(Oc4c(C)cc(F)cc4C)cc(C(C)(C)O)c3)c2s1. The van der Waals surface area contributed by atoms with Crippen LogP contribution in [0.3, 0.4) is 0 Å². The van der Waals surface area contributed by atoms with Crippen LogP contribution in [0.15, 0.2) is 47.4 Å². The molecule has 2 aromatic carbocycles. The molecule has 188 valence electrons. The molecule has 6 nitrogen and oxygen atoms in total. The number of amides is 1. The van der Waals surface area contributed by atoms with Gasteiger partial charge in [-0.2, -0.15) is 0 Å². The summed E-state index contributed by atoms with van der Waals surface area (Å²) in [4.78, 5) is 25.8. The molecule has 0 saturated carbocycles. The molecule has 0 bridgehead atoms. The van der Waals surface area contributed by atoms with Crippen LogP contribution in [0, 0.1) is 19.7 Å². The normalized spacial score (nSPS) is 11.7. The number of nitrogens with zero attached hydrogens (tertiary/aromatic N) is 1. The minimum absolute atomic E-state index is 0.201. The number of nitrogens with one attached hydrogen (secondary N) is 1. The van der Waals surface area contributed by atoms with Gasteiger partial charge >= 0.3 is 0 Å². The lowest BCUT2D eigenvalue weighted by Crippen LogP contribution is -2.21. The molecule has 8 heteroatoms. The van der Waals surface area contributed by atoms with Crippen molar-refractivity contribution in [3.8, 4) is 22.6 Å². The van der Waals surface area contributed by atoms with Crippen LogP contribution in [0.25, 0.3) is 21.2 Å². The highest BCUT2D eigenvalue weighted by atomic mass is 32.1. The molecule has 0 saturated heterocycles. The van der Waals surface area contributed by atoms with E-state index in [2.05, 4.69) is 5.32 Å². The first-order chi connectivity index (χ1) is 16.9. The quantitative estimate of drug-likeness (QED) is 0.345. The van der Waals surface area contributed by atoms with E-state index in [0.717, 1.165) is 5.56 Å². The number of carbonyl (C=O) groups excluding carboxylic acids is 1. The maximum atomic E-state index is 13.8. The van der Waals surface area contributed by atoms with Crippen molar-refractivity contribution < 1.29 is 19.0 Å². The van der Waals surface area contributed by atoms with Gasteiger partial charge in [-0.25, -0.2) is 4.39 Å². The van der Waals surface area contributed by atoms with Crippen LogP contribution < -0.4 is 15.6 Å². The van der Waals surface area contributed by atoms with Gasteiger partial charge in [-0.3, -0.25) is 9.59 Å². The number of hydrogen-bond acceptors (Lipinski definition) is 5. The largest absolute Gasteiger partial charge is 0.457 e. The zero-order chi connectivity index (χ0) is 26.4. The Bertz CT molecular complexity index is 1520. The first-order valence-corrected chi connectivity index (χ1v) is 12.4. The van der Waals surface area contributed by atoms with Gasteiger partial charge in [0.1, 0.15) is 17.3 Å². The second-order valence-corrected chi connectivity index (χ2v) is 10.5. The molecule has 2 N–H and O–H groups in total. The first-order valence-electron chi connectivity index (χ1n) is 11.6. The Morgan fingerprint density at radius 3 is 2.42 bits per heavy atom. The number of rotatable bonds is 6. The number of aromatic nitrogens is 1. The lowest BCUT2D eigenvalue weighted by atomic mass is 9.94. The summed E-state index contributed by atoms with van der Waals surface area (Å²) >= 11 is 1.25. The average molecular weight is 509 g/mol. The third kappa shape index (κ3) is 4.92. The molecule has 0 radical (unpaired) electrons. The Hall–Kier alpha value is -3.49. The van der Waals surface area contributed by atoms with E-state index in [1.165, 1.54) is 28.0 Å². The predicted octanol–water partition coefficient (Wildman–Crippen LogP) is 5.79. The summed E-state index contributed by atoms with van der Waals surface area (Å²) in [6, 6.07) is 9.87. The Balaban J connectivity index is 1.94. The van der Waals surface area contributed by atoms with E-state index in [9.17, 15) is 19.1 Å². The van der Waals surface area contributed by atoms with Crippen LogP contribution in [0.4, 0.5) is 4.39 Å². The van der Waals surface area contributed by atoms with E-state index in [1.807, 2.05) is 19.1 Å². The Morgan fingerprint density at radius 2 is 1.81 bits per heavy atom. The number of thiophene rings is 1. The highest BCUT2D eigenvalue weighted by Gasteiger charge is 2.22. The number of fused-ring (bicyclic) bond motifs is 1. The molecular formula is C28H29FN2O4S. The second kappa shape index (κ2) is 9.52. The number of ether oxygens (including phenoxy) is 1. The fourth-order valence-corrected chi connectivity index (χ4v) is 5.26. The molecule has 4 rings (SSSR count). The highest BCUT2D eigenvalue weighted by Crippen LogP contribution is 2.39. The van der Waals surface area contributed by atoms with Gasteiger partial charge in [0.05, 0.1) is 15.9 Å². The molecule has 0 aliphatic heterocycles. The fraction of sp³-hybridized carbons (Fsp3) is 0.286. The molecule has 0 spiro atoms. The lowest BCUT2D eigenvalue weighted by molar-refractivity contribution is 0.0784. The monoisotopic (exact) mass is 508 g/mol. The summed E-state index contributed by atoms with van der Waals surface area (Å²) in [6.07, 6.45) is 1.73. The first kappa shape index (κ1) is 25.6. The third-order valence-electron chi connectivity index (χ3n) is 5.98. The van der Waals surface area contributed by atoms with Gasteiger partial charge in [-0.1, -0.05) is 0 Å². The number of aryl methyl sites for hydroxylation is 3. The third-order valence-corrected chi connectivity index (χ3v) is 7.15. The summed E-state index contributed by atoms with van der Waals surface area (Å²) in [5.74, 6) is 0.431. The number of pyridine rings is 1. The maximum absolute atomic E-state index is 13.8. The standard InChI is InChI=1S/C28H29FN2O4S/c1-7-30-26(32)23-13-21-25(36-23)22(14-31(6)27(21)33)17-10-18(28(4,5)34)12-20(11-17)35-24-15(2)8-19(29)9-16(24)3/h8-14,34H,7H2,1-6H3,(H,30,32). The summed E-state index contributed by atoms with van der Waals surface area (Å²) in [5.41, 5.74) is 1.97. The van der Waals surface area contributed by atoms with E-state index >= 15 is 0 Å². The molecule has 2 heterocycles. The van der Waals surface area contributed by atoms with Crippen LogP contribution in [0.5, 0.6) is 11.5 Å². The molecule has 2 aromatic heterocycles. The van der Waals surface area contributed by atoms with Crippen LogP contribution in [0.1, 0.15) is 47.1 Å². The van der Waals surface area contributed by atoms with Crippen LogP contribution >= 0.6 is 11.3 Å². The maximum Gasteiger partial charge on any atom is 0.261 e. The lowest BCUT2D eigenvalue weighted by Gasteiger charge is -2.21. The van der Waals surface area contributed by atoms with Crippen molar-refractivity contribution in [3.63, 3.8) is 0 Å². The van der Waals surface area contributed by atoms with E-state index < -0.39 is 5.60 Å². The van der Waals surface area contributed by atoms with E-state index in [0.29, 0.717) is 55.3 Å². The van der Waals surface area contributed by atoms with Gasteiger partial charge in [-0.15, -0.1) is 11.3 Å².